The Morgan fingerprint density at radius 1 is 1.27 bits per heavy atom. The molecular weight excluding hydrogens is 214 g/mol. The molecule has 0 heterocycles. The van der Waals surface area contributed by atoms with E-state index in [0.29, 0.717) is 5.69 Å². The Kier molecular flexibility index (Phi) is 3.21. The quantitative estimate of drug-likeness (QED) is 0.663. The Hall–Kier alpha value is -1.26. The van der Waals surface area contributed by atoms with Crippen molar-refractivity contribution in [1.82, 2.24) is 0 Å². The minimum atomic E-state index is -0.624. The third-order valence-electron chi connectivity index (χ3n) is 2.41. The summed E-state index contributed by atoms with van der Waals surface area (Å²) in [7, 11) is 0. The van der Waals surface area contributed by atoms with Crippen LogP contribution >= 0.6 is 12.4 Å². The number of amides is 1. The highest BCUT2D eigenvalue weighted by atomic mass is 35.5. The molecule has 1 aromatic carbocycles. The number of nitrogen functional groups attached to an aromatic ring is 1. The van der Waals surface area contributed by atoms with E-state index in [2.05, 4.69) is 5.32 Å². The third kappa shape index (κ3) is 2.61. The summed E-state index contributed by atoms with van der Waals surface area (Å²) < 4.78 is 0. The SMILES string of the molecule is Cl.Nc1ccc(NC(=O)C2(N)CC2)cc1. The molecular formula is C10H14ClN3O. The predicted molar refractivity (Wildman–Crippen MR) is 62.9 cm³/mol. The fourth-order valence-electron chi connectivity index (χ4n) is 1.18. The molecule has 1 saturated carbocycles. The van der Waals surface area contributed by atoms with Gasteiger partial charge >= 0.3 is 0 Å². The molecule has 1 aliphatic rings. The number of benzene rings is 1. The summed E-state index contributed by atoms with van der Waals surface area (Å²) in [6.07, 6.45) is 1.54. The van der Waals surface area contributed by atoms with Crippen LogP contribution in [0, 0.1) is 0 Å². The number of carbonyl (C=O) groups excluding carboxylic acids is 1. The van der Waals surface area contributed by atoms with Crippen molar-refractivity contribution in [1.29, 1.82) is 0 Å². The van der Waals surface area contributed by atoms with Crippen molar-refractivity contribution in [2.75, 3.05) is 11.1 Å². The van der Waals surface area contributed by atoms with E-state index in [0.717, 1.165) is 18.5 Å². The van der Waals surface area contributed by atoms with Crippen LogP contribution in [-0.2, 0) is 4.79 Å². The predicted octanol–water partition coefficient (Wildman–Crippen LogP) is 1.12. The van der Waals surface area contributed by atoms with E-state index in [1.165, 1.54) is 0 Å². The van der Waals surface area contributed by atoms with E-state index in [9.17, 15) is 4.79 Å². The average molecular weight is 228 g/mol. The largest absolute Gasteiger partial charge is 0.399 e. The van der Waals surface area contributed by atoms with Crippen molar-refractivity contribution < 1.29 is 4.79 Å². The van der Waals surface area contributed by atoms with Gasteiger partial charge in [0.25, 0.3) is 0 Å². The van der Waals surface area contributed by atoms with Crippen LogP contribution in [0.1, 0.15) is 12.8 Å². The van der Waals surface area contributed by atoms with E-state index in [1.807, 2.05) is 0 Å². The number of rotatable bonds is 2. The molecule has 82 valence electrons. The lowest BCUT2D eigenvalue weighted by Gasteiger charge is -2.09. The molecule has 0 unspecified atom stereocenters. The Bertz CT molecular complexity index is 359. The molecule has 0 spiro atoms. The monoisotopic (exact) mass is 227 g/mol. The van der Waals surface area contributed by atoms with Gasteiger partial charge in [-0.3, -0.25) is 4.79 Å². The first-order valence-electron chi connectivity index (χ1n) is 4.56. The average Bonchev–Trinajstić information content (AvgIpc) is 2.89. The van der Waals surface area contributed by atoms with Crippen molar-refractivity contribution in [3.05, 3.63) is 24.3 Å². The van der Waals surface area contributed by atoms with Gasteiger partial charge in [-0.2, -0.15) is 0 Å². The van der Waals surface area contributed by atoms with Gasteiger partial charge in [0.05, 0.1) is 5.54 Å². The van der Waals surface area contributed by atoms with Gasteiger partial charge < -0.3 is 16.8 Å². The molecule has 0 aromatic heterocycles. The van der Waals surface area contributed by atoms with Crippen LogP contribution in [0.4, 0.5) is 11.4 Å². The maximum absolute atomic E-state index is 11.5. The number of nitrogens with one attached hydrogen (secondary N) is 1. The van der Waals surface area contributed by atoms with Gasteiger partial charge in [-0.15, -0.1) is 12.4 Å². The Morgan fingerprint density at radius 2 is 1.80 bits per heavy atom. The van der Waals surface area contributed by atoms with E-state index in [4.69, 9.17) is 11.5 Å². The number of halogens is 1. The van der Waals surface area contributed by atoms with Crippen LogP contribution in [0.15, 0.2) is 24.3 Å². The first-order valence-corrected chi connectivity index (χ1v) is 4.56. The molecule has 5 heteroatoms. The van der Waals surface area contributed by atoms with Crippen LogP contribution in [0.3, 0.4) is 0 Å². The lowest BCUT2D eigenvalue weighted by molar-refractivity contribution is -0.118. The molecule has 2 rings (SSSR count). The van der Waals surface area contributed by atoms with Crippen LogP contribution in [0.5, 0.6) is 0 Å². The van der Waals surface area contributed by atoms with Gasteiger partial charge in [-0.1, -0.05) is 0 Å². The van der Waals surface area contributed by atoms with Crippen LogP contribution in [0.25, 0.3) is 0 Å². The van der Waals surface area contributed by atoms with Crippen molar-refractivity contribution in [3.63, 3.8) is 0 Å². The first kappa shape index (κ1) is 11.8. The topological polar surface area (TPSA) is 81.1 Å². The minimum Gasteiger partial charge on any atom is -0.399 e. The van der Waals surface area contributed by atoms with Crippen molar-refractivity contribution in [2.24, 2.45) is 5.73 Å². The molecule has 1 aromatic rings. The third-order valence-corrected chi connectivity index (χ3v) is 2.41. The van der Waals surface area contributed by atoms with Crippen molar-refractivity contribution >= 4 is 29.7 Å². The summed E-state index contributed by atoms with van der Waals surface area (Å²) in [5, 5.41) is 2.75. The number of hydrogen-bond donors (Lipinski definition) is 3. The highest BCUT2D eigenvalue weighted by molar-refractivity contribution is 6.00. The molecule has 0 atom stereocenters. The molecule has 1 aliphatic carbocycles. The van der Waals surface area contributed by atoms with Crippen molar-refractivity contribution in [3.8, 4) is 0 Å². The first-order chi connectivity index (χ1) is 6.60. The Labute approximate surface area is 94.4 Å². The molecule has 1 fully saturated rings. The van der Waals surface area contributed by atoms with Gasteiger partial charge in [-0.25, -0.2) is 0 Å². The fraction of sp³-hybridized carbons (Fsp3) is 0.300. The van der Waals surface area contributed by atoms with Crippen LogP contribution in [-0.4, -0.2) is 11.4 Å². The molecule has 0 saturated heterocycles. The van der Waals surface area contributed by atoms with E-state index >= 15 is 0 Å². The Morgan fingerprint density at radius 3 is 2.27 bits per heavy atom. The Balaban J connectivity index is 0.00000112. The van der Waals surface area contributed by atoms with Crippen molar-refractivity contribution in [2.45, 2.75) is 18.4 Å². The normalized spacial score (nSPS) is 16.3. The minimum absolute atomic E-state index is 0. The maximum Gasteiger partial charge on any atom is 0.244 e. The van der Waals surface area contributed by atoms with Gasteiger partial charge in [0, 0.05) is 11.4 Å². The number of carbonyl (C=O) groups is 1. The second-order valence-corrected chi connectivity index (χ2v) is 3.73. The molecule has 4 nitrogen and oxygen atoms in total. The molecule has 0 radical (unpaired) electrons. The standard InChI is InChI=1S/C10H13N3O.ClH/c11-7-1-3-8(4-2-7)13-9(14)10(12)5-6-10;/h1-4H,5-6,11-12H2,(H,13,14);1H. The zero-order valence-electron chi connectivity index (χ0n) is 8.19. The van der Waals surface area contributed by atoms with Gasteiger partial charge in [-0.05, 0) is 37.1 Å². The number of anilines is 2. The summed E-state index contributed by atoms with van der Waals surface area (Å²) in [5.74, 6) is -0.109. The van der Waals surface area contributed by atoms with Gasteiger partial charge in [0.15, 0.2) is 0 Å². The molecule has 0 bridgehead atoms. The van der Waals surface area contributed by atoms with Crippen LogP contribution < -0.4 is 16.8 Å². The lowest BCUT2D eigenvalue weighted by atomic mass is 10.2. The second-order valence-electron chi connectivity index (χ2n) is 3.73. The summed E-state index contributed by atoms with van der Waals surface area (Å²) in [5.41, 5.74) is 12.0. The molecule has 0 aliphatic heterocycles. The van der Waals surface area contributed by atoms with E-state index < -0.39 is 5.54 Å². The smallest absolute Gasteiger partial charge is 0.244 e. The lowest BCUT2D eigenvalue weighted by Crippen LogP contribution is -2.37. The van der Waals surface area contributed by atoms with E-state index in [1.54, 1.807) is 24.3 Å². The second kappa shape index (κ2) is 4.08. The molecule has 1 amide bonds. The summed E-state index contributed by atoms with van der Waals surface area (Å²) in [6, 6.07) is 7.01. The molecule has 5 N–H and O–H groups in total. The van der Waals surface area contributed by atoms with Crippen LogP contribution in [0.2, 0.25) is 0 Å². The highest BCUT2D eigenvalue weighted by Crippen LogP contribution is 2.33. The summed E-state index contributed by atoms with van der Waals surface area (Å²) >= 11 is 0. The van der Waals surface area contributed by atoms with E-state index in [-0.39, 0.29) is 18.3 Å². The van der Waals surface area contributed by atoms with Gasteiger partial charge in [0.2, 0.25) is 5.91 Å². The van der Waals surface area contributed by atoms with Gasteiger partial charge in [0.1, 0.15) is 0 Å². The zero-order chi connectivity index (χ0) is 10.2. The summed E-state index contributed by atoms with van der Waals surface area (Å²) in [4.78, 5) is 11.5. The molecule has 15 heavy (non-hydrogen) atoms. The fourth-order valence-corrected chi connectivity index (χ4v) is 1.18. The maximum atomic E-state index is 11.5. The number of nitrogens with two attached hydrogens (primary N) is 2. The highest BCUT2D eigenvalue weighted by Gasteiger charge is 2.45. The zero-order valence-corrected chi connectivity index (χ0v) is 9.01. The summed E-state index contributed by atoms with van der Waals surface area (Å²) in [6.45, 7) is 0. The number of hydrogen-bond acceptors (Lipinski definition) is 3.